The van der Waals surface area contributed by atoms with Crippen LogP contribution in [0.15, 0.2) is 30.3 Å². The predicted octanol–water partition coefficient (Wildman–Crippen LogP) is 3.32. The van der Waals surface area contributed by atoms with E-state index < -0.39 is 11.6 Å². The molecule has 1 spiro atoms. The van der Waals surface area contributed by atoms with Gasteiger partial charge in [0.15, 0.2) is 0 Å². The van der Waals surface area contributed by atoms with Crippen LogP contribution in [-0.4, -0.2) is 59.4 Å². The number of likely N-dealkylation sites (N-methyl/N-ethyl adjacent to an activating group) is 1. The van der Waals surface area contributed by atoms with Crippen molar-refractivity contribution in [3.8, 4) is 0 Å². The summed E-state index contributed by atoms with van der Waals surface area (Å²) in [7, 11) is 0. The van der Waals surface area contributed by atoms with Gasteiger partial charge in [0, 0.05) is 6.54 Å². The van der Waals surface area contributed by atoms with Crippen LogP contribution in [-0.2, 0) is 9.59 Å². The summed E-state index contributed by atoms with van der Waals surface area (Å²) in [4.78, 5) is 42.1. The number of nitrogens with zero attached hydrogens (tertiary/aromatic N) is 2. The van der Waals surface area contributed by atoms with Gasteiger partial charge in [-0.15, -0.1) is 0 Å². The Kier molecular flexibility index (Phi) is 7.28. The van der Waals surface area contributed by atoms with Gasteiger partial charge in [-0.2, -0.15) is 0 Å². The van der Waals surface area contributed by atoms with Crippen LogP contribution in [0.5, 0.6) is 0 Å². The lowest BCUT2D eigenvalue weighted by Gasteiger charge is -2.43. The number of carbonyl (C=O) groups excluding carboxylic acids is 3. The molecule has 1 aliphatic carbocycles. The third kappa shape index (κ3) is 5.14. The summed E-state index contributed by atoms with van der Waals surface area (Å²) in [5, 5.41) is 5.90. The molecular formula is C25H38N4O3. The third-order valence-electron chi connectivity index (χ3n) is 6.86. The maximum atomic E-state index is 13.3. The van der Waals surface area contributed by atoms with E-state index in [-0.39, 0.29) is 29.8 Å². The lowest BCUT2D eigenvalue weighted by molar-refractivity contribution is -0.137. The number of amides is 4. The number of rotatable bonds is 8. The van der Waals surface area contributed by atoms with E-state index in [1.54, 1.807) is 0 Å². The molecule has 7 heteroatoms. The summed E-state index contributed by atoms with van der Waals surface area (Å²) in [6.45, 7) is 12.5. The molecule has 0 radical (unpaired) electrons. The van der Waals surface area contributed by atoms with Gasteiger partial charge in [0.1, 0.15) is 12.1 Å². The summed E-state index contributed by atoms with van der Waals surface area (Å²) >= 11 is 0. The van der Waals surface area contributed by atoms with Crippen molar-refractivity contribution in [3.05, 3.63) is 35.9 Å². The molecule has 1 aromatic carbocycles. The van der Waals surface area contributed by atoms with Crippen LogP contribution >= 0.6 is 0 Å². The van der Waals surface area contributed by atoms with Gasteiger partial charge in [-0.25, -0.2) is 4.79 Å². The Morgan fingerprint density at radius 3 is 2.44 bits per heavy atom. The van der Waals surface area contributed by atoms with Crippen LogP contribution in [0.1, 0.15) is 65.5 Å². The first-order chi connectivity index (χ1) is 15.1. The summed E-state index contributed by atoms with van der Waals surface area (Å²) in [6, 6.07) is 9.65. The smallest absolute Gasteiger partial charge is 0.325 e. The molecule has 1 aromatic rings. The zero-order valence-electron chi connectivity index (χ0n) is 20.1. The number of imide groups is 1. The first kappa shape index (κ1) is 24.2. The Balaban J connectivity index is 1.66. The Morgan fingerprint density at radius 1 is 1.19 bits per heavy atom. The SMILES string of the molecule is CCN(CC)C(CNC(=O)CN1C(=O)NC2(CC(C)CC(C)(C)C2)C1=O)c1ccccc1. The summed E-state index contributed by atoms with van der Waals surface area (Å²) < 4.78 is 0. The zero-order chi connectivity index (χ0) is 23.5. The Labute approximate surface area is 191 Å². The second-order valence-corrected chi connectivity index (χ2v) is 10.2. The maximum Gasteiger partial charge on any atom is 0.325 e. The van der Waals surface area contributed by atoms with Gasteiger partial charge in [-0.3, -0.25) is 19.4 Å². The monoisotopic (exact) mass is 442 g/mol. The molecule has 3 atom stereocenters. The molecule has 4 amide bonds. The van der Waals surface area contributed by atoms with Gasteiger partial charge < -0.3 is 10.6 Å². The van der Waals surface area contributed by atoms with Crippen molar-refractivity contribution in [2.45, 2.75) is 65.5 Å². The van der Waals surface area contributed by atoms with E-state index in [1.165, 1.54) is 0 Å². The highest BCUT2D eigenvalue weighted by Gasteiger charge is 2.56. The van der Waals surface area contributed by atoms with Crippen molar-refractivity contribution in [3.63, 3.8) is 0 Å². The highest BCUT2D eigenvalue weighted by Crippen LogP contribution is 2.46. The molecule has 1 saturated carbocycles. The molecule has 3 unspecified atom stereocenters. The Morgan fingerprint density at radius 2 is 1.84 bits per heavy atom. The molecule has 3 rings (SSSR count). The first-order valence-electron chi connectivity index (χ1n) is 11.8. The summed E-state index contributed by atoms with van der Waals surface area (Å²) in [5.74, 6) is -0.250. The van der Waals surface area contributed by atoms with E-state index in [0.717, 1.165) is 30.0 Å². The molecular weight excluding hydrogens is 404 g/mol. The van der Waals surface area contributed by atoms with E-state index >= 15 is 0 Å². The molecule has 1 aliphatic heterocycles. The van der Waals surface area contributed by atoms with Crippen molar-refractivity contribution in [1.82, 2.24) is 20.4 Å². The molecule has 32 heavy (non-hydrogen) atoms. The van der Waals surface area contributed by atoms with E-state index in [1.807, 2.05) is 18.2 Å². The maximum absolute atomic E-state index is 13.3. The molecule has 0 aromatic heterocycles. The number of urea groups is 1. The molecule has 1 saturated heterocycles. The van der Waals surface area contributed by atoms with Crippen molar-refractivity contribution in [2.75, 3.05) is 26.2 Å². The van der Waals surface area contributed by atoms with Crippen LogP contribution in [0.4, 0.5) is 4.79 Å². The minimum atomic E-state index is -0.883. The lowest BCUT2D eigenvalue weighted by atomic mass is 9.64. The van der Waals surface area contributed by atoms with Gasteiger partial charge in [0.25, 0.3) is 5.91 Å². The van der Waals surface area contributed by atoms with E-state index in [9.17, 15) is 14.4 Å². The van der Waals surface area contributed by atoms with Crippen LogP contribution in [0, 0.1) is 11.3 Å². The van der Waals surface area contributed by atoms with Crippen molar-refractivity contribution >= 4 is 17.8 Å². The van der Waals surface area contributed by atoms with Gasteiger partial charge in [-0.05, 0) is 49.2 Å². The molecule has 0 bridgehead atoms. The second kappa shape index (κ2) is 9.61. The number of hydrogen-bond acceptors (Lipinski definition) is 4. The largest absolute Gasteiger partial charge is 0.353 e. The zero-order valence-corrected chi connectivity index (χ0v) is 20.1. The Hall–Kier alpha value is -2.41. The van der Waals surface area contributed by atoms with E-state index in [0.29, 0.717) is 25.3 Å². The van der Waals surface area contributed by atoms with Gasteiger partial charge in [0.05, 0.1) is 6.04 Å². The van der Waals surface area contributed by atoms with E-state index in [4.69, 9.17) is 0 Å². The number of benzene rings is 1. The molecule has 2 fully saturated rings. The highest BCUT2D eigenvalue weighted by molar-refractivity contribution is 6.09. The van der Waals surface area contributed by atoms with Gasteiger partial charge >= 0.3 is 6.03 Å². The number of hydrogen-bond donors (Lipinski definition) is 2. The normalized spacial score (nSPS) is 25.8. The molecule has 1 heterocycles. The predicted molar refractivity (Wildman–Crippen MR) is 125 cm³/mol. The average molecular weight is 443 g/mol. The Bertz CT molecular complexity index is 837. The first-order valence-corrected chi connectivity index (χ1v) is 11.8. The van der Waals surface area contributed by atoms with Crippen molar-refractivity contribution in [2.24, 2.45) is 11.3 Å². The fourth-order valence-corrected chi connectivity index (χ4v) is 5.86. The fraction of sp³-hybridized carbons (Fsp3) is 0.640. The minimum Gasteiger partial charge on any atom is -0.353 e. The molecule has 7 nitrogen and oxygen atoms in total. The number of carbonyl (C=O) groups is 3. The minimum absolute atomic E-state index is 0.0320. The summed E-state index contributed by atoms with van der Waals surface area (Å²) in [6.07, 6.45) is 2.24. The summed E-state index contributed by atoms with van der Waals surface area (Å²) in [5.41, 5.74) is 0.210. The second-order valence-electron chi connectivity index (χ2n) is 10.2. The topological polar surface area (TPSA) is 81.8 Å². The van der Waals surface area contributed by atoms with Crippen molar-refractivity contribution in [1.29, 1.82) is 0 Å². The molecule has 176 valence electrons. The fourth-order valence-electron chi connectivity index (χ4n) is 5.86. The molecule has 2 aliphatic rings. The van der Waals surface area contributed by atoms with Crippen LogP contribution in [0.25, 0.3) is 0 Å². The van der Waals surface area contributed by atoms with Crippen LogP contribution < -0.4 is 10.6 Å². The van der Waals surface area contributed by atoms with Crippen LogP contribution in [0.2, 0.25) is 0 Å². The standard InChI is InChI=1S/C25H38N4O3/c1-6-28(7-2)20(19-11-9-8-10-12-19)15-26-21(30)16-29-22(31)25(27-23(29)32)14-18(3)13-24(4,5)17-25/h8-12,18,20H,6-7,13-17H2,1-5H3,(H,26,30)(H,27,32). The number of nitrogens with one attached hydrogen (secondary N) is 2. The average Bonchev–Trinajstić information content (AvgIpc) is 2.93. The van der Waals surface area contributed by atoms with Gasteiger partial charge in [-0.1, -0.05) is 65.0 Å². The quantitative estimate of drug-likeness (QED) is 0.605. The highest BCUT2D eigenvalue weighted by atomic mass is 16.2. The molecule has 2 N–H and O–H groups in total. The van der Waals surface area contributed by atoms with Gasteiger partial charge in [0.2, 0.25) is 5.91 Å². The van der Waals surface area contributed by atoms with Crippen molar-refractivity contribution < 1.29 is 14.4 Å². The van der Waals surface area contributed by atoms with E-state index in [2.05, 4.69) is 62.3 Å². The lowest BCUT2D eigenvalue weighted by Crippen LogP contribution is -2.54. The van der Waals surface area contributed by atoms with Crippen LogP contribution in [0.3, 0.4) is 0 Å². The third-order valence-corrected chi connectivity index (χ3v) is 6.86.